The summed E-state index contributed by atoms with van der Waals surface area (Å²) in [5.74, 6) is 0. The number of carbonyl (C=O) groups excluding carboxylic acids is 1. The minimum Gasteiger partial charge on any atom is -0.376 e. The molecule has 1 aromatic heterocycles. The Morgan fingerprint density at radius 2 is 2.20 bits per heavy atom. The lowest BCUT2D eigenvalue weighted by Gasteiger charge is -2.10. The summed E-state index contributed by atoms with van der Waals surface area (Å²) in [6.07, 6.45) is -2.84. The van der Waals surface area contributed by atoms with Gasteiger partial charge in [0.2, 0.25) is 0 Å². The van der Waals surface area contributed by atoms with Gasteiger partial charge < -0.3 is 5.32 Å². The third kappa shape index (κ3) is 3.75. The highest BCUT2D eigenvalue weighted by molar-refractivity contribution is 6.29. The van der Waals surface area contributed by atoms with Gasteiger partial charge >= 0.3 is 6.18 Å². The number of hydrogen-bond donors (Lipinski definition) is 1. The molecule has 1 rings (SSSR count). The number of aldehydes is 1. The minimum atomic E-state index is -4.35. The standard InChI is InChI=1S/C8H6ClF3N2O/c9-7-1-6(5(3-15)2-13-7)14-4-8(10,11)12/h1-3H,4H2,(H,13,14). The molecule has 3 nitrogen and oxygen atoms in total. The molecule has 1 aromatic rings. The fourth-order valence-electron chi connectivity index (χ4n) is 0.883. The molecule has 0 bridgehead atoms. The van der Waals surface area contributed by atoms with Gasteiger partial charge in [-0.2, -0.15) is 13.2 Å². The maximum atomic E-state index is 11.9. The lowest BCUT2D eigenvalue weighted by molar-refractivity contribution is -0.115. The highest BCUT2D eigenvalue weighted by atomic mass is 35.5. The molecule has 0 fully saturated rings. The first kappa shape index (κ1) is 11.8. The van der Waals surface area contributed by atoms with E-state index < -0.39 is 12.7 Å². The highest BCUT2D eigenvalue weighted by Gasteiger charge is 2.27. The zero-order valence-corrected chi connectivity index (χ0v) is 8.06. The van der Waals surface area contributed by atoms with E-state index in [0.29, 0.717) is 6.29 Å². The average Bonchev–Trinajstić information content (AvgIpc) is 2.14. The molecular weight excluding hydrogens is 233 g/mol. The average molecular weight is 239 g/mol. The molecule has 0 spiro atoms. The van der Waals surface area contributed by atoms with Crippen LogP contribution in [0.25, 0.3) is 0 Å². The van der Waals surface area contributed by atoms with Crippen LogP contribution < -0.4 is 5.32 Å². The summed E-state index contributed by atoms with van der Waals surface area (Å²) >= 11 is 5.48. The van der Waals surface area contributed by atoms with Gasteiger partial charge in [0.15, 0.2) is 6.29 Å². The van der Waals surface area contributed by atoms with E-state index in [2.05, 4.69) is 10.3 Å². The molecule has 1 N–H and O–H groups in total. The van der Waals surface area contributed by atoms with Gasteiger partial charge in [0.25, 0.3) is 0 Å². The summed E-state index contributed by atoms with van der Waals surface area (Å²) in [6, 6.07) is 1.16. The maximum Gasteiger partial charge on any atom is 0.405 e. The van der Waals surface area contributed by atoms with Gasteiger partial charge in [-0.15, -0.1) is 0 Å². The number of anilines is 1. The second-order valence-corrected chi connectivity index (χ2v) is 3.07. The molecule has 1 heterocycles. The molecule has 0 aromatic carbocycles. The van der Waals surface area contributed by atoms with Crippen molar-refractivity contribution in [2.24, 2.45) is 0 Å². The normalized spacial score (nSPS) is 11.2. The molecule has 0 aliphatic carbocycles. The van der Waals surface area contributed by atoms with Crippen molar-refractivity contribution < 1.29 is 18.0 Å². The van der Waals surface area contributed by atoms with Crippen LogP contribution in [0.3, 0.4) is 0 Å². The second kappa shape index (κ2) is 4.48. The molecule has 0 unspecified atom stereocenters. The Bertz CT molecular complexity index is 367. The van der Waals surface area contributed by atoms with Crippen molar-refractivity contribution in [3.63, 3.8) is 0 Å². The first-order valence-corrected chi connectivity index (χ1v) is 4.21. The molecule has 0 saturated carbocycles. The number of aromatic nitrogens is 1. The van der Waals surface area contributed by atoms with E-state index in [1.54, 1.807) is 0 Å². The third-order valence-electron chi connectivity index (χ3n) is 1.51. The van der Waals surface area contributed by atoms with E-state index in [1.807, 2.05) is 0 Å². The van der Waals surface area contributed by atoms with Crippen molar-refractivity contribution in [3.05, 3.63) is 23.0 Å². The Balaban J connectivity index is 2.83. The van der Waals surface area contributed by atoms with Gasteiger partial charge in [-0.3, -0.25) is 4.79 Å². The molecule has 82 valence electrons. The molecule has 7 heteroatoms. The van der Waals surface area contributed by atoms with E-state index in [-0.39, 0.29) is 16.4 Å². The lowest BCUT2D eigenvalue weighted by Crippen LogP contribution is -2.21. The Morgan fingerprint density at radius 1 is 1.53 bits per heavy atom. The van der Waals surface area contributed by atoms with Gasteiger partial charge in [0.1, 0.15) is 11.7 Å². The third-order valence-corrected chi connectivity index (χ3v) is 1.71. The zero-order chi connectivity index (χ0) is 11.5. The van der Waals surface area contributed by atoms with E-state index in [0.717, 1.165) is 12.3 Å². The van der Waals surface area contributed by atoms with Crippen LogP contribution >= 0.6 is 11.6 Å². The Labute approximate surface area is 88.3 Å². The van der Waals surface area contributed by atoms with Gasteiger partial charge in [-0.05, 0) is 6.07 Å². The number of nitrogens with one attached hydrogen (secondary N) is 1. The van der Waals surface area contributed by atoms with Gasteiger partial charge in [0, 0.05) is 11.9 Å². The Hall–Kier alpha value is -1.30. The predicted octanol–water partition coefficient (Wildman–Crippen LogP) is 2.52. The molecule has 0 atom stereocenters. The van der Waals surface area contributed by atoms with Crippen LogP contribution in [-0.2, 0) is 0 Å². The SMILES string of the molecule is O=Cc1cnc(Cl)cc1NCC(F)(F)F. The van der Waals surface area contributed by atoms with Crippen molar-refractivity contribution in [1.29, 1.82) is 0 Å². The van der Waals surface area contributed by atoms with Crippen molar-refractivity contribution in [2.75, 3.05) is 11.9 Å². The smallest absolute Gasteiger partial charge is 0.376 e. The summed E-state index contributed by atoms with van der Waals surface area (Å²) in [6.45, 7) is -1.23. The van der Waals surface area contributed by atoms with Gasteiger partial charge in [-0.1, -0.05) is 11.6 Å². The van der Waals surface area contributed by atoms with E-state index in [1.165, 1.54) is 0 Å². The topological polar surface area (TPSA) is 42.0 Å². The van der Waals surface area contributed by atoms with E-state index >= 15 is 0 Å². The van der Waals surface area contributed by atoms with Crippen LogP contribution in [-0.4, -0.2) is 24.0 Å². The molecule has 0 amide bonds. The highest BCUT2D eigenvalue weighted by Crippen LogP contribution is 2.20. The largest absolute Gasteiger partial charge is 0.405 e. The van der Waals surface area contributed by atoms with Crippen LogP contribution in [0.1, 0.15) is 10.4 Å². The number of pyridine rings is 1. The number of alkyl halides is 3. The first-order valence-electron chi connectivity index (χ1n) is 3.84. The fourth-order valence-corrected chi connectivity index (χ4v) is 1.04. The lowest BCUT2D eigenvalue weighted by atomic mass is 10.2. The van der Waals surface area contributed by atoms with Crippen molar-refractivity contribution in [1.82, 2.24) is 4.98 Å². The number of nitrogens with zero attached hydrogens (tertiary/aromatic N) is 1. The van der Waals surface area contributed by atoms with Crippen LogP contribution in [0.2, 0.25) is 5.15 Å². The second-order valence-electron chi connectivity index (χ2n) is 2.68. The summed E-state index contributed by atoms with van der Waals surface area (Å²) in [5.41, 5.74) is 0.0472. The Morgan fingerprint density at radius 3 is 2.73 bits per heavy atom. The molecule has 0 aliphatic heterocycles. The number of carbonyl (C=O) groups is 1. The number of halogens is 4. The van der Waals surface area contributed by atoms with Gasteiger partial charge in [0.05, 0.1) is 5.56 Å². The molecule has 15 heavy (non-hydrogen) atoms. The predicted molar refractivity (Wildman–Crippen MR) is 49.2 cm³/mol. The fraction of sp³-hybridized carbons (Fsp3) is 0.250. The molecule has 0 aliphatic rings. The summed E-state index contributed by atoms with van der Waals surface area (Å²) < 4.78 is 35.6. The van der Waals surface area contributed by atoms with Crippen LogP contribution in [0, 0.1) is 0 Å². The van der Waals surface area contributed by atoms with Crippen LogP contribution in [0.5, 0.6) is 0 Å². The van der Waals surface area contributed by atoms with Gasteiger partial charge in [-0.25, -0.2) is 4.98 Å². The monoisotopic (exact) mass is 238 g/mol. The van der Waals surface area contributed by atoms with E-state index in [4.69, 9.17) is 11.6 Å². The zero-order valence-electron chi connectivity index (χ0n) is 7.31. The summed E-state index contributed by atoms with van der Waals surface area (Å²) in [5, 5.41) is 2.08. The molecule has 0 radical (unpaired) electrons. The van der Waals surface area contributed by atoms with Crippen LogP contribution in [0.15, 0.2) is 12.3 Å². The minimum absolute atomic E-state index is 0.0160. The summed E-state index contributed by atoms with van der Waals surface area (Å²) in [4.78, 5) is 14.0. The Kier molecular flexibility index (Phi) is 3.52. The maximum absolute atomic E-state index is 11.9. The molecule has 0 saturated heterocycles. The van der Waals surface area contributed by atoms with Crippen molar-refractivity contribution >= 4 is 23.6 Å². The number of hydrogen-bond acceptors (Lipinski definition) is 3. The van der Waals surface area contributed by atoms with Crippen LogP contribution in [0.4, 0.5) is 18.9 Å². The van der Waals surface area contributed by atoms with Crippen molar-refractivity contribution in [3.8, 4) is 0 Å². The first-order chi connectivity index (χ1) is 6.92. The molecular formula is C8H6ClF3N2O. The number of rotatable bonds is 3. The van der Waals surface area contributed by atoms with E-state index in [9.17, 15) is 18.0 Å². The van der Waals surface area contributed by atoms with Crippen molar-refractivity contribution in [2.45, 2.75) is 6.18 Å². The quantitative estimate of drug-likeness (QED) is 0.650. The summed E-state index contributed by atoms with van der Waals surface area (Å²) in [7, 11) is 0.